The molecule has 1 unspecified atom stereocenters. The van der Waals surface area contributed by atoms with E-state index in [1.807, 2.05) is 0 Å². The van der Waals surface area contributed by atoms with Gasteiger partial charge >= 0.3 is 5.97 Å². The molecular weight excluding hydrogens is 332 g/mol. The molecule has 1 aliphatic rings. The van der Waals surface area contributed by atoms with E-state index < -0.39 is 5.97 Å². The van der Waals surface area contributed by atoms with Crippen molar-refractivity contribution in [1.29, 1.82) is 0 Å². The van der Waals surface area contributed by atoms with E-state index >= 15 is 0 Å². The number of ether oxygens (including phenoxy) is 1. The van der Waals surface area contributed by atoms with Crippen LogP contribution < -0.4 is 0 Å². The molecule has 1 saturated heterocycles. The van der Waals surface area contributed by atoms with Crippen LogP contribution in [0.2, 0.25) is 5.02 Å². The Morgan fingerprint density at radius 3 is 3.00 bits per heavy atom. The van der Waals surface area contributed by atoms with Crippen LogP contribution in [0.15, 0.2) is 24.3 Å². The normalized spacial score (nSPS) is 17.1. The first-order valence-corrected chi connectivity index (χ1v) is 8.14. The summed E-state index contributed by atoms with van der Waals surface area (Å²) >= 11 is 5.97. The Hall–Kier alpha value is -2.41. The maximum atomic E-state index is 12.8. The van der Waals surface area contributed by atoms with Crippen LogP contribution in [0, 0.1) is 0 Å². The summed E-state index contributed by atoms with van der Waals surface area (Å²) < 4.78 is 5.00. The Morgan fingerprint density at radius 2 is 2.25 bits per heavy atom. The Bertz CT molecular complexity index is 761. The molecule has 0 radical (unpaired) electrons. The molecule has 1 amide bonds. The minimum atomic E-state index is -0.539. The molecule has 1 N–H and O–H groups in total. The van der Waals surface area contributed by atoms with Gasteiger partial charge in [0.1, 0.15) is 5.69 Å². The van der Waals surface area contributed by atoms with E-state index in [9.17, 15) is 9.59 Å². The fraction of sp³-hybridized carbons (Fsp3) is 0.375. The number of rotatable bonds is 4. The van der Waals surface area contributed by atoms with Gasteiger partial charge in [-0.25, -0.2) is 4.79 Å². The van der Waals surface area contributed by atoms with Gasteiger partial charge in [0, 0.05) is 17.1 Å². The van der Waals surface area contributed by atoms with Crippen molar-refractivity contribution in [2.75, 3.05) is 13.2 Å². The average molecular weight is 349 g/mol. The number of amides is 1. The van der Waals surface area contributed by atoms with Gasteiger partial charge in [0.15, 0.2) is 5.69 Å². The van der Waals surface area contributed by atoms with Crippen molar-refractivity contribution in [3.63, 3.8) is 0 Å². The number of aromatic nitrogens is 3. The Balaban J connectivity index is 1.88. The highest BCUT2D eigenvalue weighted by Crippen LogP contribution is 2.33. The predicted octanol–water partition coefficient (Wildman–Crippen LogP) is 2.61. The van der Waals surface area contributed by atoms with Crippen LogP contribution in [-0.2, 0) is 4.74 Å². The second kappa shape index (κ2) is 7.00. The van der Waals surface area contributed by atoms with Crippen molar-refractivity contribution in [3.8, 4) is 0 Å². The lowest BCUT2D eigenvalue weighted by molar-refractivity contribution is 0.0512. The molecule has 0 spiro atoms. The molecule has 2 heterocycles. The Labute approximate surface area is 143 Å². The zero-order valence-corrected chi connectivity index (χ0v) is 13.9. The summed E-state index contributed by atoms with van der Waals surface area (Å²) in [5, 5.41) is 10.9. The lowest BCUT2D eigenvalue weighted by Gasteiger charge is -2.23. The van der Waals surface area contributed by atoms with Crippen LogP contribution in [0.5, 0.6) is 0 Å². The van der Waals surface area contributed by atoms with Crippen molar-refractivity contribution in [3.05, 3.63) is 46.2 Å². The lowest BCUT2D eigenvalue weighted by atomic mass is 10.1. The zero-order chi connectivity index (χ0) is 17.1. The summed E-state index contributed by atoms with van der Waals surface area (Å²) in [5.41, 5.74) is 1.09. The van der Waals surface area contributed by atoms with Gasteiger partial charge in [-0.3, -0.25) is 4.79 Å². The van der Waals surface area contributed by atoms with Crippen LogP contribution in [0.1, 0.15) is 52.3 Å². The largest absolute Gasteiger partial charge is 0.461 e. The first-order chi connectivity index (χ1) is 11.6. The third-order valence-electron chi connectivity index (χ3n) is 3.94. The fourth-order valence-corrected chi connectivity index (χ4v) is 3.09. The SMILES string of the molecule is CCOC(=O)c1n[nH]nc1C1CCCN1C(=O)c1cccc(Cl)c1. The molecule has 1 aliphatic heterocycles. The average Bonchev–Trinajstić information content (AvgIpc) is 3.23. The van der Waals surface area contributed by atoms with Crippen molar-refractivity contribution < 1.29 is 14.3 Å². The number of H-pyrrole nitrogens is 1. The molecule has 24 heavy (non-hydrogen) atoms. The first-order valence-electron chi connectivity index (χ1n) is 7.76. The summed E-state index contributed by atoms with van der Waals surface area (Å²) in [6.45, 7) is 2.56. The quantitative estimate of drug-likeness (QED) is 0.858. The number of hydrogen-bond donors (Lipinski definition) is 1. The maximum absolute atomic E-state index is 12.8. The molecule has 126 valence electrons. The monoisotopic (exact) mass is 348 g/mol. The highest BCUT2D eigenvalue weighted by molar-refractivity contribution is 6.30. The number of likely N-dealkylation sites (tertiary alicyclic amines) is 1. The highest BCUT2D eigenvalue weighted by atomic mass is 35.5. The van der Waals surface area contributed by atoms with Crippen LogP contribution in [0.4, 0.5) is 0 Å². The summed E-state index contributed by atoms with van der Waals surface area (Å²) in [6.07, 6.45) is 1.54. The van der Waals surface area contributed by atoms with E-state index in [1.165, 1.54) is 0 Å². The van der Waals surface area contributed by atoms with Crippen LogP contribution in [-0.4, -0.2) is 45.3 Å². The van der Waals surface area contributed by atoms with Crippen molar-refractivity contribution in [2.24, 2.45) is 0 Å². The molecule has 2 aromatic rings. The van der Waals surface area contributed by atoms with Gasteiger partial charge < -0.3 is 9.64 Å². The van der Waals surface area contributed by atoms with E-state index in [2.05, 4.69) is 15.4 Å². The molecule has 0 saturated carbocycles. The third kappa shape index (κ3) is 3.12. The number of halogens is 1. The summed E-state index contributed by atoms with van der Waals surface area (Å²) in [5.74, 6) is -0.680. The summed E-state index contributed by atoms with van der Waals surface area (Å²) in [4.78, 5) is 26.5. The number of benzene rings is 1. The second-order valence-corrected chi connectivity index (χ2v) is 5.88. The molecule has 7 nitrogen and oxygen atoms in total. The van der Waals surface area contributed by atoms with Crippen molar-refractivity contribution >= 4 is 23.5 Å². The van der Waals surface area contributed by atoms with Crippen LogP contribution >= 0.6 is 11.6 Å². The number of esters is 1. The second-order valence-electron chi connectivity index (χ2n) is 5.44. The van der Waals surface area contributed by atoms with Crippen LogP contribution in [0.25, 0.3) is 0 Å². The van der Waals surface area contributed by atoms with E-state index in [4.69, 9.17) is 16.3 Å². The minimum absolute atomic E-state index is 0.132. The van der Waals surface area contributed by atoms with Gasteiger partial charge in [0.25, 0.3) is 5.91 Å². The topological polar surface area (TPSA) is 88.2 Å². The minimum Gasteiger partial charge on any atom is -0.461 e. The molecule has 1 fully saturated rings. The van der Waals surface area contributed by atoms with Gasteiger partial charge in [-0.05, 0) is 38.0 Å². The Morgan fingerprint density at radius 1 is 1.42 bits per heavy atom. The summed E-state index contributed by atoms with van der Waals surface area (Å²) in [6, 6.07) is 6.50. The number of aromatic amines is 1. The highest BCUT2D eigenvalue weighted by Gasteiger charge is 2.36. The van der Waals surface area contributed by atoms with E-state index in [1.54, 1.807) is 36.1 Å². The summed E-state index contributed by atoms with van der Waals surface area (Å²) in [7, 11) is 0. The van der Waals surface area contributed by atoms with E-state index in [-0.39, 0.29) is 24.2 Å². The van der Waals surface area contributed by atoms with E-state index in [0.29, 0.717) is 29.2 Å². The number of carbonyl (C=O) groups excluding carboxylic acids is 2. The van der Waals surface area contributed by atoms with Gasteiger partial charge in [-0.2, -0.15) is 10.3 Å². The molecule has 0 bridgehead atoms. The molecule has 0 aliphatic carbocycles. The molecule has 1 atom stereocenters. The molecule has 8 heteroatoms. The first kappa shape index (κ1) is 16.4. The van der Waals surface area contributed by atoms with Gasteiger partial charge in [0.2, 0.25) is 0 Å². The fourth-order valence-electron chi connectivity index (χ4n) is 2.90. The van der Waals surface area contributed by atoms with Crippen molar-refractivity contribution in [2.45, 2.75) is 25.8 Å². The number of hydrogen-bond acceptors (Lipinski definition) is 5. The predicted molar refractivity (Wildman–Crippen MR) is 86.8 cm³/mol. The molecule has 1 aromatic heterocycles. The lowest BCUT2D eigenvalue weighted by Crippen LogP contribution is -2.31. The van der Waals surface area contributed by atoms with Crippen molar-refractivity contribution in [1.82, 2.24) is 20.3 Å². The molecule has 3 rings (SSSR count). The number of nitrogens with one attached hydrogen (secondary N) is 1. The molecule has 1 aromatic carbocycles. The van der Waals surface area contributed by atoms with Gasteiger partial charge in [-0.1, -0.05) is 17.7 Å². The Kier molecular flexibility index (Phi) is 4.80. The number of carbonyl (C=O) groups is 2. The smallest absolute Gasteiger partial charge is 0.360 e. The van der Waals surface area contributed by atoms with Gasteiger partial charge in [-0.15, -0.1) is 5.10 Å². The third-order valence-corrected chi connectivity index (χ3v) is 4.18. The maximum Gasteiger partial charge on any atom is 0.360 e. The number of nitrogens with zero attached hydrogens (tertiary/aromatic N) is 3. The zero-order valence-electron chi connectivity index (χ0n) is 13.2. The van der Waals surface area contributed by atoms with Gasteiger partial charge in [0.05, 0.1) is 12.6 Å². The standard InChI is InChI=1S/C16H17ClN4O3/c1-2-24-16(23)14-13(18-20-19-14)12-7-4-8-21(12)15(22)10-5-3-6-11(17)9-10/h3,5-6,9,12H,2,4,7-8H2,1H3,(H,18,19,20). The van der Waals surface area contributed by atoms with Crippen LogP contribution in [0.3, 0.4) is 0 Å². The van der Waals surface area contributed by atoms with E-state index in [0.717, 1.165) is 6.42 Å². The molecular formula is C16H17ClN4O3.